The van der Waals surface area contributed by atoms with Gasteiger partial charge in [0.2, 0.25) is 5.89 Å². The molecule has 2 fully saturated rings. The minimum Gasteiger partial charge on any atom is -0.376 e. The number of fused-ring (bicyclic) bond motifs is 1. The van der Waals surface area contributed by atoms with Gasteiger partial charge in [0.05, 0.1) is 18.6 Å². The highest BCUT2D eigenvalue weighted by atomic mass is 32.1. The summed E-state index contributed by atoms with van der Waals surface area (Å²) in [5.41, 5.74) is 1.39. The Kier molecular flexibility index (Phi) is 3.32. The van der Waals surface area contributed by atoms with E-state index in [0.717, 1.165) is 25.5 Å². The average Bonchev–Trinajstić information content (AvgIpc) is 3.17. The van der Waals surface area contributed by atoms with Crippen LogP contribution in [0.3, 0.4) is 0 Å². The fourth-order valence-corrected chi connectivity index (χ4v) is 4.36. The Morgan fingerprint density at radius 3 is 3.00 bits per heavy atom. The van der Waals surface area contributed by atoms with E-state index in [9.17, 15) is 0 Å². The third kappa shape index (κ3) is 2.41. The van der Waals surface area contributed by atoms with Crippen LogP contribution in [0.25, 0.3) is 0 Å². The van der Waals surface area contributed by atoms with Crippen LogP contribution in [0.1, 0.15) is 28.1 Å². The van der Waals surface area contributed by atoms with Crippen molar-refractivity contribution in [1.82, 2.24) is 15.0 Å². The number of hydrogen-bond acceptors (Lipinski definition) is 6. The molecule has 3 atom stereocenters. The number of hydrogen-bond donors (Lipinski definition) is 0. The van der Waals surface area contributed by atoms with Crippen LogP contribution in [0.5, 0.6) is 0 Å². The van der Waals surface area contributed by atoms with Crippen LogP contribution in [-0.4, -0.2) is 40.8 Å². The quantitative estimate of drug-likeness (QED) is 0.871. The van der Waals surface area contributed by atoms with Gasteiger partial charge in [0.15, 0.2) is 5.82 Å². The van der Waals surface area contributed by atoms with E-state index in [0.29, 0.717) is 24.5 Å². The number of ether oxygens (including phenoxy) is 1. The van der Waals surface area contributed by atoms with Gasteiger partial charge in [0.25, 0.3) is 0 Å². The second-order valence-electron chi connectivity index (χ2n) is 6.04. The van der Waals surface area contributed by atoms with Crippen molar-refractivity contribution < 1.29 is 9.26 Å². The zero-order valence-corrected chi connectivity index (χ0v) is 13.1. The second kappa shape index (κ2) is 5.19. The fourth-order valence-electron chi connectivity index (χ4n) is 3.41. The van der Waals surface area contributed by atoms with Crippen molar-refractivity contribution in [3.63, 3.8) is 0 Å². The Morgan fingerprint density at radius 2 is 2.29 bits per heavy atom. The first-order valence-corrected chi connectivity index (χ1v) is 8.26. The van der Waals surface area contributed by atoms with E-state index in [-0.39, 0.29) is 5.92 Å². The SMILES string of the molecule is Cc1noc([C@@H]2CO[C@@H]3CN(Cc4sccc4C)C[C@@H]32)n1. The molecule has 0 radical (unpaired) electrons. The van der Waals surface area contributed by atoms with Crippen LogP contribution in [0.2, 0.25) is 0 Å². The number of nitrogens with zero attached hydrogens (tertiary/aromatic N) is 3. The van der Waals surface area contributed by atoms with Crippen molar-refractivity contribution in [2.24, 2.45) is 5.92 Å². The number of aryl methyl sites for hydroxylation is 2. The van der Waals surface area contributed by atoms with Gasteiger partial charge in [-0.15, -0.1) is 11.3 Å². The molecule has 2 aromatic heterocycles. The van der Waals surface area contributed by atoms with Gasteiger partial charge in [-0.2, -0.15) is 4.98 Å². The summed E-state index contributed by atoms with van der Waals surface area (Å²) in [6, 6.07) is 2.19. The molecule has 6 heteroatoms. The third-order valence-electron chi connectivity index (χ3n) is 4.59. The fraction of sp³-hybridized carbons (Fsp3) is 0.600. The predicted molar refractivity (Wildman–Crippen MR) is 79.3 cm³/mol. The number of thiophene rings is 1. The highest BCUT2D eigenvalue weighted by Gasteiger charge is 2.46. The normalized spacial score (nSPS) is 29.1. The molecular weight excluding hydrogens is 286 g/mol. The van der Waals surface area contributed by atoms with Gasteiger partial charge in [0.1, 0.15) is 0 Å². The maximum absolute atomic E-state index is 5.97. The molecule has 0 amide bonds. The second-order valence-corrected chi connectivity index (χ2v) is 7.04. The molecule has 5 nitrogen and oxygen atoms in total. The molecule has 0 aliphatic carbocycles. The van der Waals surface area contributed by atoms with Crippen LogP contribution >= 0.6 is 11.3 Å². The van der Waals surface area contributed by atoms with E-state index in [4.69, 9.17) is 9.26 Å². The molecule has 4 heterocycles. The Morgan fingerprint density at radius 1 is 1.38 bits per heavy atom. The van der Waals surface area contributed by atoms with Gasteiger partial charge >= 0.3 is 0 Å². The summed E-state index contributed by atoms with van der Waals surface area (Å²) in [5, 5.41) is 6.08. The van der Waals surface area contributed by atoms with Crippen molar-refractivity contribution in [1.29, 1.82) is 0 Å². The van der Waals surface area contributed by atoms with E-state index in [1.165, 1.54) is 10.4 Å². The molecular formula is C15H19N3O2S. The molecule has 112 valence electrons. The number of aromatic nitrogens is 2. The summed E-state index contributed by atoms with van der Waals surface area (Å²) in [6.07, 6.45) is 0.308. The zero-order valence-electron chi connectivity index (χ0n) is 12.3. The topological polar surface area (TPSA) is 51.4 Å². The highest BCUT2D eigenvalue weighted by molar-refractivity contribution is 7.10. The standard InChI is InChI=1S/C15H19N3O2S/c1-9-3-4-21-14(9)7-18-5-11-12(8-19-13(11)6-18)15-16-10(2)17-20-15/h3-4,11-13H,5-8H2,1-2H3/t11-,12-,13-/m1/s1. The van der Waals surface area contributed by atoms with Crippen molar-refractivity contribution in [3.05, 3.63) is 33.6 Å². The Hall–Kier alpha value is -1.24. The van der Waals surface area contributed by atoms with Crippen LogP contribution in [0, 0.1) is 19.8 Å². The largest absolute Gasteiger partial charge is 0.376 e. The Balaban J connectivity index is 1.47. The first-order valence-electron chi connectivity index (χ1n) is 7.38. The summed E-state index contributed by atoms with van der Waals surface area (Å²) in [6.45, 7) is 7.84. The summed E-state index contributed by atoms with van der Waals surface area (Å²) >= 11 is 1.84. The molecule has 0 unspecified atom stereocenters. The van der Waals surface area contributed by atoms with Crippen LogP contribution in [-0.2, 0) is 11.3 Å². The average molecular weight is 305 g/mol. The lowest BCUT2D eigenvalue weighted by atomic mass is 9.93. The lowest BCUT2D eigenvalue weighted by Gasteiger charge is -2.17. The predicted octanol–water partition coefficient (Wildman–Crippen LogP) is 2.36. The minimum absolute atomic E-state index is 0.255. The lowest BCUT2D eigenvalue weighted by Crippen LogP contribution is -2.23. The van der Waals surface area contributed by atoms with E-state index in [2.05, 4.69) is 33.4 Å². The van der Waals surface area contributed by atoms with Crippen molar-refractivity contribution in [2.45, 2.75) is 32.4 Å². The molecule has 0 bridgehead atoms. The smallest absolute Gasteiger partial charge is 0.232 e. The summed E-state index contributed by atoms with van der Waals surface area (Å²) in [5.74, 6) is 2.18. The zero-order chi connectivity index (χ0) is 14.4. The van der Waals surface area contributed by atoms with Gasteiger partial charge < -0.3 is 9.26 Å². The molecule has 0 spiro atoms. The molecule has 2 saturated heterocycles. The molecule has 2 aliphatic heterocycles. The molecule has 2 aromatic rings. The maximum atomic E-state index is 5.97. The van der Waals surface area contributed by atoms with E-state index in [1.54, 1.807) is 0 Å². The Labute approximate surface area is 127 Å². The third-order valence-corrected chi connectivity index (χ3v) is 5.60. The molecule has 0 N–H and O–H groups in total. The first-order chi connectivity index (χ1) is 10.2. The van der Waals surface area contributed by atoms with Gasteiger partial charge in [-0.25, -0.2) is 0 Å². The van der Waals surface area contributed by atoms with Crippen molar-refractivity contribution >= 4 is 11.3 Å². The van der Waals surface area contributed by atoms with Crippen molar-refractivity contribution in [3.8, 4) is 0 Å². The molecule has 0 saturated carbocycles. The van der Waals surface area contributed by atoms with Crippen LogP contribution in [0.4, 0.5) is 0 Å². The summed E-state index contributed by atoms with van der Waals surface area (Å²) in [7, 11) is 0. The van der Waals surface area contributed by atoms with Crippen LogP contribution < -0.4 is 0 Å². The summed E-state index contributed by atoms with van der Waals surface area (Å²) in [4.78, 5) is 8.34. The van der Waals surface area contributed by atoms with Gasteiger partial charge in [-0.3, -0.25) is 4.90 Å². The lowest BCUT2D eigenvalue weighted by molar-refractivity contribution is 0.0959. The van der Waals surface area contributed by atoms with Crippen LogP contribution in [0.15, 0.2) is 16.0 Å². The summed E-state index contributed by atoms with van der Waals surface area (Å²) < 4.78 is 11.3. The minimum atomic E-state index is 0.255. The van der Waals surface area contributed by atoms with E-state index >= 15 is 0 Å². The monoisotopic (exact) mass is 305 g/mol. The van der Waals surface area contributed by atoms with E-state index < -0.39 is 0 Å². The van der Waals surface area contributed by atoms with Gasteiger partial charge in [-0.1, -0.05) is 5.16 Å². The molecule has 21 heavy (non-hydrogen) atoms. The number of likely N-dealkylation sites (tertiary alicyclic amines) is 1. The van der Waals surface area contributed by atoms with E-state index in [1.807, 2.05) is 18.3 Å². The van der Waals surface area contributed by atoms with Crippen molar-refractivity contribution in [2.75, 3.05) is 19.7 Å². The molecule has 0 aromatic carbocycles. The molecule has 4 rings (SSSR count). The first kappa shape index (κ1) is 13.4. The number of rotatable bonds is 3. The Bertz CT molecular complexity index is 638. The van der Waals surface area contributed by atoms with Gasteiger partial charge in [-0.05, 0) is 30.9 Å². The molecule has 2 aliphatic rings. The maximum Gasteiger partial charge on any atom is 0.232 e. The van der Waals surface area contributed by atoms with Gasteiger partial charge in [0, 0.05) is 30.4 Å². The highest BCUT2D eigenvalue weighted by Crippen LogP contribution is 2.39.